The quantitative estimate of drug-likeness (QED) is 0.818. The highest BCUT2D eigenvalue weighted by Crippen LogP contribution is 2.37. The average molecular weight is 294 g/mol. The Morgan fingerprint density at radius 2 is 1.85 bits per heavy atom. The second kappa shape index (κ2) is 6.10. The predicted molar refractivity (Wildman–Crippen MR) is 61.0 cm³/mol. The summed E-state index contributed by atoms with van der Waals surface area (Å²) in [6.45, 7) is 0. The zero-order valence-corrected chi connectivity index (χ0v) is 10.6. The van der Waals surface area contributed by atoms with Crippen molar-refractivity contribution in [3.05, 3.63) is 29.3 Å². The molecule has 1 aromatic rings. The molecule has 2 unspecified atom stereocenters. The fraction of sp³-hybridized carbons (Fsp3) is 0.417. The zero-order valence-electron chi connectivity index (χ0n) is 10.6. The number of esters is 1. The molecule has 0 fully saturated rings. The zero-order chi connectivity index (χ0) is 15.5. The van der Waals surface area contributed by atoms with Crippen LogP contribution in [-0.2, 0) is 15.7 Å². The Kier molecular flexibility index (Phi) is 4.96. The molecular weight excluding hydrogens is 281 g/mol. The molecule has 0 aliphatic carbocycles. The van der Waals surface area contributed by atoms with Gasteiger partial charge in [-0.1, -0.05) is 6.07 Å². The smallest absolute Gasteiger partial charge is 0.419 e. The molecule has 5 nitrogen and oxygen atoms in total. The summed E-state index contributed by atoms with van der Waals surface area (Å²) >= 11 is 0. The van der Waals surface area contributed by atoms with Gasteiger partial charge in [-0.05, 0) is 17.7 Å². The third kappa shape index (κ3) is 3.40. The van der Waals surface area contributed by atoms with Crippen LogP contribution in [0.5, 0.6) is 5.75 Å². The van der Waals surface area contributed by atoms with Gasteiger partial charge >= 0.3 is 12.1 Å². The summed E-state index contributed by atoms with van der Waals surface area (Å²) < 4.78 is 47.1. The average Bonchev–Trinajstić information content (AvgIpc) is 2.43. The van der Waals surface area contributed by atoms with Crippen molar-refractivity contribution in [2.75, 3.05) is 14.2 Å². The lowest BCUT2D eigenvalue weighted by molar-refractivity contribution is -0.156. The summed E-state index contributed by atoms with van der Waals surface area (Å²) in [6, 6.07) is 2.71. The number of halogens is 3. The minimum Gasteiger partial charge on any atom is -0.496 e. The van der Waals surface area contributed by atoms with Crippen LogP contribution in [0, 0.1) is 0 Å². The van der Waals surface area contributed by atoms with E-state index in [0.717, 1.165) is 26.4 Å². The molecule has 0 spiro atoms. The van der Waals surface area contributed by atoms with Crippen LogP contribution in [0.1, 0.15) is 17.2 Å². The third-order valence-electron chi connectivity index (χ3n) is 2.61. The Morgan fingerprint density at radius 1 is 1.25 bits per heavy atom. The van der Waals surface area contributed by atoms with Crippen molar-refractivity contribution in [2.24, 2.45) is 0 Å². The lowest BCUT2D eigenvalue weighted by Gasteiger charge is -2.18. The Labute approximate surface area is 112 Å². The fourth-order valence-electron chi connectivity index (χ4n) is 1.56. The number of alkyl halides is 3. The predicted octanol–water partition coefficient (Wildman–Crippen LogP) is 1.28. The van der Waals surface area contributed by atoms with Crippen molar-refractivity contribution >= 4 is 5.97 Å². The molecule has 0 amide bonds. The molecule has 0 aliphatic rings. The molecule has 2 atom stereocenters. The van der Waals surface area contributed by atoms with Crippen LogP contribution in [0.15, 0.2) is 18.2 Å². The second-order valence-electron chi connectivity index (χ2n) is 3.87. The van der Waals surface area contributed by atoms with Crippen LogP contribution >= 0.6 is 0 Å². The number of aliphatic hydroxyl groups is 2. The van der Waals surface area contributed by atoms with Gasteiger partial charge in [-0.15, -0.1) is 0 Å². The summed E-state index contributed by atoms with van der Waals surface area (Å²) in [5.74, 6) is -1.58. The highest BCUT2D eigenvalue weighted by molar-refractivity contribution is 5.75. The van der Waals surface area contributed by atoms with Crippen LogP contribution in [0.3, 0.4) is 0 Å². The molecule has 20 heavy (non-hydrogen) atoms. The molecule has 1 aromatic carbocycles. The van der Waals surface area contributed by atoms with Gasteiger partial charge in [-0.25, -0.2) is 4.79 Å². The molecule has 0 heterocycles. The summed E-state index contributed by atoms with van der Waals surface area (Å²) in [7, 11) is 2.05. The van der Waals surface area contributed by atoms with E-state index in [2.05, 4.69) is 9.47 Å². The monoisotopic (exact) mass is 294 g/mol. The highest BCUT2D eigenvalue weighted by Gasteiger charge is 2.36. The number of benzene rings is 1. The maximum absolute atomic E-state index is 12.8. The van der Waals surface area contributed by atoms with Crippen LogP contribution in [0.25, 0.3) is 0 Å². The number of carbonyl (C=O) groups is 1. The summed E-state index contributed by atoms with van der Waals surface area (Å²) in [5.41, 5.74) is -1.40. The van der Waals surface area contributed by atoms with Gasteiger partial charge in [0.1, 0.15) is 11.9 Å². The topological polar surface area (TPSA) is 76.0 Å². The Hall–Kier alpha value is -1.80. The normalized spacial score (nSPS) is 14.6. The summed E-state index contributed by atoms with van der Waals surface area (Å²) in [6.07, 6.45) is -8.51. The van der Waals surface area contributed by atoms with Crippen LogP contribution in [0.4, 0.5) is 13.2 Å². The molecule has 8 heteroatoms. The number of carbonyl (C=O) groups excluding carboxylic acids is 1. The Bertz CT molecular complexity index is 486. The van der Waals surface area contributed by atoms with Crippen molar-refractivity contribution in [3.8, 4) is 5.75 Å². The first-order valence-electron chi connectivity index (χ1n) is 5.41. The maximum Gasteiger partial charge on any atom is 0.419 e. The van der Waals surface area contributed by atoms with E-state index in [-0.39, 0.29) is 5.56 Å². The minimum absolute atomic E-state index is 0.281. The largest absolute Gasteiger partial charge is 0.496 e. The SMILES string of the molecule is COC(=O)C(O)C(O)c1ccc(OC)c(C(F)(F)F)c1. The standard InChI is InChI=1S/C12H13F3O5/c1-19-8-4-3-6(5-7(8)12(13,14)15)9(16)10(17)11(18)20-2/h3-5,9-10,16-17H,1-2H3. The lowest BCUT2D eigenvalue weighted by atomic mass is 10.0. The van der Waals surface area contributed by atoms with Crippen molar-refractivity contribution in [2.45, 2.75) is 18.4 Å². The van der Waals surface area contributed by atoms with E-state index >= 15 is 0 Å². The van der Waals surface area contributed by atoms with Gasteiger partial charge in [0.05, 0.1) is 19.8 Å². The van der Waals surface area contributed by atoms with E-state index in [9.17, 15) is 28.2 Å². The van der Waals surface area contributed by atoms with Gasteiger partial charge in [0.25, 0.3) is 0 Å². The number of aliphatic hydroxyl groups excluding tert-OH is 2. The molecule has 0 radical (unpaired) electrons. The van der Waals surface area contributed by atoms with Gasteiger partial charge in [-0.2, -0.15) is 13.2 Å². The third-order valence-corrected chi connectivity index (χ3v) is 2.61. The van der Waals surface area contributed by atoms with Crippen LogP contribution < -0.4 is 4.74 Å². The molecular formula is C12H13F3O5. The van der Waals surface area contributed by atoms with Crippen LogP contribution in [0.2, 0.25) is 0 Å². The lowest BCUT2D eigenvalue weighted by Crippen LogP contribution is -2.29. The number of methoxy groups -OCH3 is 2. The van der Waals surface area contributed by atoms with E-state index in [4.69, 9.17) is 0 Å². The number of rotatable bonds is 4. The molecule has 0 bridgehead atoms. The number of hydrogen-bond donors (Lipinski definition) is 2. The van der Waals surface area contributed by atoms with Crippen molar-refractivity contribution in [1.82, 2.24) is 0 Å². The molecule has 112 valence electrons. The van der Waals surface area contributed by atoms with E-state index < -0.39 is 35.7 Å². The fourth-order valence-corrected chi connectivity index (χ4v) is 1.56. The first-order valence-corrected chi connectivity index (χ1v) is 5.41. The van der Waals surface area contributed by atoms with E-state index in [1.807, 2.05) is 0 Å². The van der Waals surface area contributed by atoms with Crippen molar-refractivity contribution in [3.63, 3.8) is 0 Å². The summed E-state index contributed by atoms with van der Waals surface area (Å²) in [5, 5.41) is 19.1. The molecule has 0 aliphatic heterocycles. The van der Waals surface area contributed by atoms with Gasteiger partial charge in [-0.3, -0.25) is 0 Å². The van der Waals surface area contributed by atoms with Gasteiger partial charge in [0.2, 0.25) is 0 Å². The van der Waals surface area contributed by atoms with Crippen molar-refractivity contribution in [1.29, 1.82) is 0 Å². The first kappa shape index (κ1) is 16.3. The van der Waals surface area contributed by atoms with Gasteiger partial charge < -0.3 is 19.7 Å². The summed E-state index contributed by atoms with van der Waals surface area (Å²) in [4.78, 5) is 11.1. The maximum atomic E-state index is 12.8. The molecule has 0 saturated carbocycles. The Morgan fingerprint density at radius 3 is 2.30 bits per heavy atom. The van der Waals surface area contributed by atoms with Crippen LogP contribution in [-0.4, -0.2) is 36.5 Å². The Balaban J connectivity index is 3.18. The molecule has 2 N–H and O–H groups in total. The van der Waals surface area contributed by atoms with E-state index in [1.165, 1.54) is 0 Å². The molecule has 0 aromatic heterocycles. The number of ether oxygens (including phenoxy) is 2. The van der Waals surface area contributed by atoms with E-state index in [0.29, 0.717) is 6.07 Å². The molecule has 1 rings (SSSR count). The van der Waals surface area contributed by atoms with Gasteiger partial charge in [0, 0.05) is 0 Å². The van der Waals surface area contributed by atoms with Crippen molar-refractivity contribution < 1.29 is 37.7 Å². The molecule has 0 saturated heterocycles. The first-order chi connectivity index (χ1) is 9.22. The van der Waals surface area contributed by atoms with Gasteiger partial charge in [0.15, 0.2) is 6.10 Å². The second-order valence-corrected chi connectivity index (χ2v) is 3.87. The number of hydrogen-bond acceptors (Lipinski definition) is 5. The highest BCUT2D eigenvalue weighted by atomic mass is 19.4. The minimum atomic E-state index is -4.70. The van der Waals surface area contributed by atoms with E-state index in [1.54, 1.807) is 0 Å².